The Labute approximate surface area is 163 Å². The van der Waals surface area contributed by atoms with E-state index in [9.17, 15) is 14.4 Å². The van der Waals surface area contributed by atoms with E-state index < -0.39 is 24.5 Å². The van der Waals surface area contributed by atoms with Crippen molar-refractivity contribution in [3.8, 4) is 10.6 Å². The van der Waals surface area contributed by atoms with Crippen LogP contribution in [0.2, 0.25) is 0 Å². The molecule has 3 aromatic heterocycles. The molecule has 9 nitrogen and oxygen atoms in total. The van der Waals surface area contributed by atoms with Crippen LogP contribution in [0.3, 0.4) is 0 Å². The number of aryl methyl sites for hydroxylation is 2. The maximum atomic E-state index is 12.8. The summed E-state index contributed by atoms with van der Waals surface area (Å²) in [5.41, 5.74) is 2.11. The number of hydrogen-bond acceptors (Lipinski definition) is 7. The van der Waals surface area contributed by atoms with Gasteiger partial charge in [0.2, 0.25) is 0 Å². The molecule has 1 saturated heterocycles. The van der Waals surface area contributed by atoms with Crippen molar-refractivity contribution in [2.45, 2.75) is 6.92 Å². The lowest BCUT2D eigenvalue weighted by molar-refractivity contribution is -0.130. The first-order chi connectivity index (χ1) is 13.5. The smallest absolute Gasteiger partial charge is 0.339 e. The van der Waals surface area contributed by atoms with Crippen LogP contribution >= 0.6 is 11.3 Å². The number of nitrogens with one attached hydrogen (secondary N) is 1. The lowest BCUT2D eigenvalue weighted by Crippen LogP contribution is -2.37. The summed E-state index contributed by atoms with van der Waals surface area (Å²) in [4.78, 5) is 43.0. The average molecular weight is 399 g/mol. The van der Waals surface area contributed by atoms with Crippen LogP contribution in [0, 0.1) is 6.92 Å². The van der Waals surface area contributed by atoms with Gasteiger partial charge in [0.05, 0.1) is 27.2 Å². The molecule has 0 spiro atoms. The zero-order chi connectivity index (χ0) is 19.8. The number of thiophene rings is 1. The Kier molecular flexibility index (Phi) is 4.55. The topological polar surface area (TPSA) is 106 Å². The minimum Gasteiger partial charge on any atom is -0.452 e. The summed E-state index contributed by atoms with van der Waals surface area (Å²) in [6.45, 7) is 1.93. The first-order valence-corrected chi connectivity index (χ1v) is 9.47. The molecule has 1 aliphatic rings. The van der Waals surface area contributed by atoms with Crippen LogP contribution in [0.4, 0.5) is 4.79 Å². The minimum absolute atomic E-state index is 0.263. The van der Waals surface area contributed by atoms with Crippen LogP contribution in [0.1, 0.15) is 16.1 Å². The summed E-state index contributed by atoms with van der Waals surface area (Å²) in [6.07, 6.45) is 0. The van der Waals surface area contributed by atoms with Crippen molar-refractivity contribution in [1.29, 1.82) is 0 Å². The molecule has 4 rings (SSSR count). The first-order valence-electron chi connectivity index (χ1n) is 8.59. The van der Waals surface area contributed by atoms with Gasteiger partial charge in [-0.25, -0.2) is 14.6 Å². The summed E-state index contributed by atoms with van der Waals surface area (Å²) in [5, 5.41) is 9.39. The van der Waals surface area contributed by atoms with E-state index in [1.807, 2.05) is 17.5 Å². The molecule has 1 fully saturated rings. The van der Waals surface area contributed by atoms with Crippen molar-refractivity contribution < 1.29 is 19.1 Å². The molecular formula is C18H17N5O4S. The van der Waals surface area contributed by atoms with Crippen molar-refractivity contribution in [3.05, 3.63) is 34.8 Å². The fraction of sp³-hybridized carbons (Fsp3) is 0.278. The van der Waals surface area contributed by atoms with Crippen LogP contribution in [0.15, 0.2) is 23.6 Å². The SMILES string of the molecule is Cc1nn(C)c2nc(-c3cccs3)cc(C(=O)OCC(=O)N3CCNC3=O)c12. The van der Waals surface area contributed by atoms with Crippen molar-refractivity contribution >= 4 is 40.3 Å². The van der Waals surface area contributed by atoms with Gasteiger partial charge in [-0.2, -0.15) is 5.10 Å². The third-order valence-corrected chi connectivity index (χ3v) is 5.34. The minimum atomic E-state index is -0.658. The number of fused-ring (bicyclic) bond motifs is 1. The number of rotatable bonds is 4. The maximum absolute atomic E-state index is 12.8. The van der Waals surface area contributed by atoms with Gasteiger partial charge < -0.3 is 10.1 Å². The second-order valence-corrected chi connectivity index (χ2v) is 7.24. The van der Waals surface area contributed by atoms with Crippen LogP contribution in [0.5, 0.6) is 0 Å². The maximum Gasteiger partial charge on any atom is 0.339 e. The molecule has 3 amide bonds. The summed E-state index contributed by atoms with van der Waals surface area (Å²) < 4.78 is 6.83. The van der Waals surface area contributed by atoms with E-state index >= 15 is 0 Å². The molecule has 10 heteroatoms. The number of imide groups is 1. The van der Waals surface area contributed by atoms with Gasteiger partial charge in [0.1, 0.15) is 0 Å². The predicted octanol–water partition coefficient (Wildman–Crippen LogP) is 1.71. The van der Waals surface area contributed by atoms with Gasteiger partial charge in [0, 0.05) is 20.1 Å². The van der Waals surface area contributed by atoms with E-state index in [-0.39, 0.29) is 12.1 Å². The highest BCUT2D eigenvalue weighted by atomic mass is 32.1. The highest BCUT2D eigenvalue weighted by molar-refractivity contribution is 7.13. The van der Waals surface area contributed by atoms with Gasteiger partial charge in [0.15, 0.2) is 12.3 Å². The van der Waals surface area contributed by atoms with Gasteiger partial charge in [-0.1, -0.05) is 6.07 Å². The largest absolute Gasteiger partial charge is 0.452 e. The Morgan fingerprint density at radius 3 is 2.89 bits per heavy atom. The van der Waals surface area contributed by atoms with Crippen molar-refractivity contribution in [3.63, 3.8) is 0 Å². The van der Waals surface area contributed by atoms with Crippen molar-refractivity contribution in [1.82, 2.24) is 25.0 Å². The average Bonchev–Trinajstić information content (AvgIpc) is 3.41. The summed E-state index contributed by atoms with van der Waals surface area (Å²) in [6, 6.07) is 4.98. The Bertz CT molecular complexity index is 1090. The van der Waals surface area contributed by atoms with Gasteiger partial charge >= 0.3 is 12.0 Å². The van der Waals surface area contributed by atoms with E-state index in [0.29, 0.717) is 29.0 Å². The normalized spacial score (nSPS) is 13.8. The Balaban J connectivity index is 1.65. The monoisotopic (exact) mass is 399 g/mol. The standard InChI is InChI=1S/C18H17N5O4S/c1-10-15-11(17(25)27-9-14(24)23-6-5-19-18(23)26)8-12(13-4-3-7-28-13)20-16(15)22(2)21-10/h3-4,7-8H,5-6,9H2,1-2H3,(H,19,26). The summed E-state index contributed by atoms with van der Waals surface area (Å²) in [5.74, 6) is -1.22. The van der Waals surface area contributed by atoms with E-state index in [2.05, 4.69) is 15.4 Å². The zero-order valence-corrected chi connectivity index (χ0v) is 16.1. The van der Waals surface area contributed by atoms with Gasteiger partial charge in [0.25, 0.3) is 5.91 Å². The second kappa shape index (κ2) is 7.04. The molecule has 1 N–H and O–H groups in total. The fourth-order valence-corrected chi connectivity index (χ4v) is 3.84. The molecule has 0 unspecified atom stereocenters. The van der Waals surface area contributed by atoms with Crippen LogP contribution < -0.4 is 5.32 Å². The first kappa shape index (κ1) is 18.1. The summed E-state index contributed by atoms with van der Waals surface area (Å²) >= 11 is 1.50. The number of carbonyl (C=O) groups excluding carboxylic acids is 3. The third-order valence-electron chi connectivity index (χ3n) is 4.45. The number of aromatic nitrogens is 3. The molecule has 4 heterocycles. The molecule has 1 aliphatic heterocycles. The highest BCUT2D eigenvalue weighted by Gasteiger charge is 2.28. The molecule has 0 radical (unpaired) electrons. The number of esters is 1. The molecule has 0 atom stereocenters. The molecule has 0 aliphatic carbocycles. The van der Waals surface area contributed by atoms with Crippen molar-refractivity contribution in [2.24, 2.45) is 7.05 Å². The third kappa shape index (κ3) is 3.11. The molecule has 0 saturated carbocycles. The number of pyridine rings is 1. The van der Waals surface area contributed by atoms with Gasteiger partial charge in [-0.3, -0.25) is 14.4 Å². The number of ether oxygens (including phenoxy) is 1. The quantitative estimate of drug-likeness (QED) is 0.670. The fourth-order valence-electron chi connectivity index (χ4n) is 3.15. The summed E-state index contributed by atoms with van der Waals surface area (Å²) in [7, 11) is 1.76. The number of amides is 3. The Morgan fingerprint density at radius 2 is 2.21 bits per heavy atom. The second-order valence-electron chi connectivity index (χ2n) is 6.29. The molecule has 0 aromatic carbocycles. The van der Waals surface area contributed by atoms with Gasteiger partial charge in [-0.05, 0) is 24.4 Å². The molecular weight excluding hydrogens is 382 g/mol. The number of hydrogen-bond donors (Lipinski definition) is 1. The molecule has 144 valence electrons. The lowest BCUT2D eigenvalue weighted by Gasteiger charge is -2.12. The molecule has 3 aromatic rings. The molecule has 28 heavy (non-hydrogen) atoms. The predicted molar refractivity (Wildman–Crippen MR) is 102 cm³/mol. The van der Waals surface area contributed by atoms with Crippen LogP contribution in [-0.2, 0) is 16.6 Å². The van der Waals surface area contributed by atoms with Gasteiger partial charge in [-0.15, -0.1) is 11.3 Å². The van der Waals surface area contributed by atoms with E-state index in [4.69, 9.17) is 4.74 Å². The van der Waals surface area contributed by atoms with Crippen LogP contribution in [0.25, 0.3) is 21.6 Å². The lowest BCUT2D eigenvalue weighted by atomic mass is 10.1. The molecule has 0 bridgehead atoms. The van der Waals surface area contributed by atoms with Crippen LogP contribution in [-0.4, -0.2) is 57.3 Å². The number of urea groups is 1. The highest BCUT2D eigenvalue weighted by Crippen LogP contribution is 2.29. The van der Waals surface area contributed by atoms with E-state index in [0.717, 1.165) is 9.78 Å². The number of nitrogens with zero attached hydrogens (tertiary/aromatic N) is 4. The Hall–Kier alpha value is -3.27. The van der Waals surface area contributed by atoms with E-state index in [1.54, 1.807) is 24.7 Å². The Morgan fingerprint density at radius 1 is 1.39 bits per heavy atom. The number of carbonyl (C=O) groups is 3. The van der Waals surface area contributed by atoms with E-state index in [1.165, 1.54) is 11.3 Å². The zero-order valence-electron chi connectivity index (χ0n) is 15.3. The van der Waals surface area contributed by atoms with Crippen molar-refractivity contribution in [2.75, 3.05) is 19.7 Å².